The maximum absolute atomic E-state index is 12.9. The van der Waals surface area contributed by atoms with Crippen LogP contribution in [0.25, 0.3) is 0 Å². The van der Waals surface area contributed by atoms with E-state index in [0.717, 1.165) is 16.8 Å². The standard InChI is InChI=1S/C17H16F3N5O4/c18-17(19,20)10-4-1-3-9(7-10)14-21-12(23-29-14)8-24-16(28)25-11(15(26)27)5-2-6-13(25)22-24/h1,3-4,7,11-12,23H,2,5-6,8H2,(H,26,27). The topological polar surface area (TPSA) is 111 Å². The van der Waals surface area contributed by atoms with E-state index in [1.54, 1.807) is 0 Å². The number of benzene rings is 1. The molecule has 0 spiro atoms. The summed E-state index contributed by atoms with van der Waals surface area (Å²) in [5.74, 6) is -0.754. The van der Waals surface area contributed by atoms with Crippen molar-refractivity contribution >= 4 is 11.9 Å². The number of alkyl halides is 3. The molecule has 2 aromatic rings. The molecule has 0 saturated carbocycles. The Bertz CT molecular complexity index is 1040. The van der Waals surface area contributed by atoms with Crippen molar-refractivity contribution in [3.05, 3.63) is 51.7 Å². The molecule has 12 heteroatoms. The molecule has 154 valence electrons. The number of hydrogen-bond acceptors (Lipinski definition) is 6. The predicted molar refractivity (Wildman–Crippen MR) is 92.1 cm³/mol. The Morgan fingerprint density at radius 1 is 1.38 bits per heavy atom. The van der Waals surface area contributed by atoms with Crippen LogP contribution in [0.3, 0.4) is 0 Å². The second-order valence-corrected chi connectivity index (χ2v) is 6.75. The third-order valence-electron chi connectivity index (χ3n) is 4.76. The largest absolute Gasteiger partial charge is 0.480 e. The van der Waals surface area contributed by atoms with Gasteiger partial charge in [-0.1, -0.05) is 6.07 Å². The van der Waals surface area contributed by atoms with Crippen LogP contribution in [0.15, 0.2) is 34.1 Å². The molecule has 0 bridgehead atoms. The first kappa shape index (κ1) is 19.2. The minimum Gasteiger partial charge on any atom is -0.480 e. The van der Waals surface area contributed by atoms with E-state index >= 15 is 0 Å². The highest BCUT2D eigenvalue weighted by Gasteiger charge is 2.33. The fourth-order valence-electron chi connectivity index (χ4n) is 3.41. The monoisotopic (exact) mass is 411 g/mol. The van der Waals surface area contributed by atoms with E-state index < -0.39 is 35.6 Å². The van der Waals surface area contributed by atoms with Crippen molar-refractivity contribution in [1.82, 2.24) is 19.8 Å². The molecule has 4 rings (SSSR count). The van der Waals surface area contributed by atoms with Crippen LogP contribution in [0.5, 0.6) is 0 Å². The first-order valence-electron chi connectivity index (χ1n) is 8.83. The van der Waals surface area contributed by atoms with Gasteiger partial charge in [-0.05, 0) is 31.0 Å². The maximum atomic E-state index is 12.9. The van der Waals surface area contributed by atoms with Crippen LogP contribution < -0.4 is 11.2 Å². The molecule has 0 amide bonds. The number of aromatic nitrogens is 3. The summed E-state index contributed by atoms with van der Waals surface area (Å²) in [6, 6.07) is 3.57. The zero-order chi connectivity index (χ0) is 20.8. The number of nitrogens with zero attached hydrogens (tertiary/aromatic N) is 4. The van der Waals surface area contributed by atoms with E-state index in [9.17, 15) is 27.9 Å². The van der Waals surface area contributed by atoms with Crippen molar-refractivity contribution in [3.63, 3.8) is 0 Å². The molecule has 0 radical (unpaired) electrons. The van der Waals surface area contributed by atoms with Gasteiger partial charge >= 0.3 is 17.8 Å². The lowest BCUT2D eigenvalue weighted by Crippen LogP contribution is -2.37. The highest BCUT2D eigenvalue weighted by atomic mass is 19.4. The van der Waals surface area contributed by atoms with Gasteiger partial charge in [-0.25, -0.2) is 19.3 Å². The summed E-state index contributed by atoms with van der Waals surface area (Å²) in [5, 5.41) is 13.5. The minimum atomic E-state index is -4.49. The summed E-state index contributed by atoms with van der Waals surface area (Å²) in [6.07, 6.45) is -3.82. The van der Waals surface area contributed by atoms with Gasteiger partial charge in [-0.3, -0.25) is 4.57 Å². The zero-order valence-electron chi connectivity index (χ0n) is 14.9. The molecule has 3 heterocycles. The van der Waals surface area contributed by atoms with Crippen molar-refractivity contribution < 1.29 is 27.9 Å². The number of nitrogens with one attached hydrogen (secondary N) is 1. The maximum Gasteiger partial charge on any atom is 0.416 e. The van der Waals surface area contributed by atoms with Crippen LogP contribution in [0, 0.1) is 0 Å². The van der Waals surface area contributed by atoms with Crippen molar-refractivity contribution in [2.24, 2.45) is 4.99 Å². The minimum absolute atomic E-state index is 0.0402. The molecule has 1 aromatic carbocycles. The van der Waals surface area contributed by atoms with E-state index in [-0.39, 0.29) is 18.0 Å². The Morgan fingerprint density at radius 2 is 2.17 bits per heavy atom. The molecule has 2 N–H and O–H groups in total. The van der Waals surface area contributed by atoms with Gasteiger partial charge in [0.05, 0.1) is 12.1 Å². The Labute approximate surface area is 161 Å². The number of aliphatic imine (C=N–C) groups is 1. The highest BCUT2D eigenvalue weighted by Crippen LogP contribution is 2.30. The number of carboxylic acids is 1. The van der Waals surface area contributed by atoms with Gasteiger partial charge in [0.25, 0.3) is 0 Å². The zero-order valence-corrected chi connectivity index (χ0v) is 14.9. The smallest absolute Gasteiger partial charge is 0.416 e. The van der Waals surface area contributed by atoms with Gasteiger partial charge < -0.3 is 9.94 Å². The quantitative estimate of drug-likeness (QED) is 0.786. The molecule has 1 aromatic heterocycles. The molecule has 29 heavy (non-hydrogen) atoms. The van der Waals surface area contributed by atoms with Crippen LogP contribution in [0.2, 0.25) is 0 Å². The SMILES string of the molecule is O=C(O)C1CCCc2nn(CC3N=C(c4cccc(C(F)(F)F)c4)ON3)c(=O)n21. The molecule has 9 nitrogen and oxygen atoms in total. The predicted octanol–water partition coefficient (Wildman–Crippen LogP) is 1.33. The molecule has 2 aliphatic rings. The van der Waals surface area contributed by atoms with Crippen molar-refractivity contribution in [2.75, 3.05) is 0 Å². The number of hydroxylamine groups is 1. The molecular formula is C17H16F3N5O4. The average molecular weight is 411 g/mol. The van der Waals surface area contributed by atoms with Crippen LogP contribution in [0.1, 0.15) is 35.8 Å². The summed E-state index contributed by atoms with van der Waals surface area (Å²) < 4.78 is 40.9. The summed E-state index contributed by atoms with van der Waals surface area (Å²) >= 11 is 0. The summed E-state index contributed by atoms with van der Waals surface area (Å²) in [4.78, 5) is 33.3. The number of rotatable bonds is 4. The lowest BCUT2D eigenvalue weighted by molar-refractivity contribution is -0.141. The number of halogens is 3. The molecular weight excluding hydrogens is 395 g/mol. The number of hydrogen-bond donors (Lipinski definition) is 2. The molecule has 2 aliphatic heterocycles. The molecule has 0 fully saturated rings. The highest BCUT2D eigenvalue weighted by molar-refractivity contribution is 5.95. The number of aryl methyl sites for hydroxylation is 1. The van der Waals surface area contributed by atoms with Crippen LogP contribution in [-0.4, -0.2) is 37.5 Å². The third-order valence-corrected chi connectivity index (χ3v) is 4.76. The van der Waals surface area contributed by atoms with Crippen molar-refractivity contribution in [2.45, 2.75) is 44.2 Å². The third kappa shape index (κ3) is 3.62. The number of carbonyl (C=O) groups is 1. The molecule has 2 unspecified atom stereocenters. The molecule has 2 atom stereocenters. The Morgan fingerprint density at radius 3 is 2.90 bits per heavy atom. The Balaban J connectivity index is 1.56. The summed E-state index contributed by atoms with van der Waals surface area (Å²) in [5.41, 5.74) is 1.28. The van der Waals surface area contributed by atoms with E-state index in [1.165, 1.54) is 16.7 Å². The van der Waals surface area contributed by atoms with E-state index in [2.05, 4.69) is 15.6 Å². The number of fused-ring (bicyclic) bond motifs is 1. The van der Waals surface area contributed by atoms with Gasteiger partial charge in [-0.15, -0.1) is 5.48 Å². The summed E-state index contributed by atoms with van der Waals surface area (Å²) in [7, 11) is 0. The fraction of sp³-hybridized carbons (Fsp3) is 0.412. The number of aliphatic carboxylic acids is 1. The van der Waals surface area contributed by atoms with Crippen LogP contribution >= 0.6 is 0 Å². The van der Waals surface area contributed by atoms with E-state index in [0.29, 0.717) is 25.1 Å². The van der Waals surface area contributed by atoms with Crippen molar-refractivity contribution in [1.29, 1.82) is 0 Å². The van der Waals surface area contributed by atoms with Gasteiger partial charge in [-0.2, -0.15) is 18.3 Å². The van der Waals surface area contributed by atoms with Crippen LogP contribution in [0.4, 0.5) is 13.2 Å². The normalized spacial score (nSPS) is 21.4. The fourth-order valence-corrected chi connectivity index (χ4v) is 3.41. The van der Waals surface area contributed by atoms with E-state index in [4.69, 9.17) is 4.84 Å². The lowest BCUT2D eigenvalue weighted by Gasteiger charge is -2.19. The lowest BCUT2D eigenvalue weighted by atomic mass is 10.1. The Hall–Kier alpha value is -3.15. The second-order valence-electron chi connectivity index (χ2n) is 6.75. The van der Waals surface area contributed by atoms with Crippen LogP contribution in [-0.2, 0) is 28.8 Å². The molecule has 0 aliphatic carbocycles. The first-order chi connectivity index (χ1) is 13.7. The van der Waals surface area contributed by atoms with Gasteiger partial charge in [0.1, 0.15) is 11.9 Å². The van der Waals surface area contributed by atoms with Gasteiger partial charge in [0, 0.05) is 12.0 Å². The number of carboxylic acid groups (broad SMARTS) is 1. The van der Waals surface area contributed by atoms with E-state index in [1.807, 2.05) is 0 Å². The van der Waals surface area contributed by atoms with Gasteiger partial charge in [0.15, 0.2) is 6.17 Å². The molecule has 0 saturated heterocycles. The summed E-state index contributed by atoms with van der Waals surface area (Å²) in [6.45, 7) is -0.0619. The Kier molecular flexibility index (Phi) is 4.65. The second kappa shape index (κ2) is 7.03. The average Bonchev–Trinajstić information content (AvgIpc) is 3.26. The van der Waals surface area contributed by atoms with Crippen molar-refractivity contribution in [3.8, 4) is 0 Å². The first-order valence-corrected chi connectivity index (χ1v) is 8.83. The van der Waals surface area contributed by atoms with Gasteiger partial charge in [0.2, 0.25) is 5.90 Å².